The fourth-order valence-electron chi connectivity index (χ4n) is 4.16. The van der Waals surface area contributed by atoms with E-state index in [4.69, 9.17) is 0 Å². The van der Waals surface area contributed by atoms with Crippen molar-refractivity contribution in [1.29, 1.82) is 0 Å². The second kappa shape index (κ2) is 9.95. The van der Waals surface area contributed by atoms with Crippen molar-refractivity contribution in [2.75, 3.05) is 37.8 Å². The van der Waals surface area contributed by atoms with Gasteiger partial charge in [-0.2, -0.15) is 5.10 Å². The summed E-state index contributed by atoms with van der Waals surface area (Å²) >= 11 is 0. The van der Waals surface area contributed by atoms with E-state index in [1.165, 1.54) is 0 Å². The van der Waals surface area contributed by atoms with Crippen LogP contribution >= 0.6 is 0 Å². The van der Waals surface area contributed by atoms with Crippen molar-refractivity contribution in [1.82, 2.24) is 20.1 Å². The van der Waals surface area contributed by atoms with E-state index in [2.05, 4.69) is 44.8 Å². The summed E-state index contributed by atoms with van der Waals surface area (Å²) in [5, 5.41) is 15.0. The van der Waals surface area contributed by atoms with Crippen molar-refractivity contribution in [3.63, 3.8) is 0 Å². The zero-order chi connectivity index (χ0) is 24.2. The highest BCUT2D eigenvalue weighted by atomic mass is 16.2. The number of fused-ring (bicyclic) bond motifs is 2. The van der Waals surface area contributed by atoms with Gasteiger partial charge in [-0.1, -0.05) is 12.1 Å². The van der Waals surface area contributed by atoms with E-state index < -0.39 is 0 Å². The van der Waals surface area contributed by atoms with Gasteiger partial charge in [-0.25, -0.2) is 0 Å². The van der Waals surface area contributed by atoms with Crippen LogP contribution in [0.1, 0.15) is 28.8 Å². The van der Waals surface area contributed by atoms with Crippen LogP contribution in [0.25, 0.3) is 34.7 Å². The summed E-state index contributed by atoms with van der Waals surface area (Å²) in [5.74, 6) is -0.0876. The zero-order valence-corrected chi connectivity index (χ0v) is 19.9. The van der Waals surface area contributed by atoms with Crippen LogP contribution in [0.15, 0.2) is 60.9 Å². The lowest BCUT2D eigenvalue weighted by atomic mass is 10.0. The lowest BCUT2D eigenvalue weighted by Crippen LogP contribution is -2.16. The fourth-order valence-corrected chi connectivity index (χ4v) is 4.16. The van der Waals surface area contributed by atoms with Crippen LogP contribution < -0.4 is 10.6 Å². The molecule has 0 fully saturated rings. The molecule has 0 saturated carbocycles. The molecule has 0 atom stereocenters. The summed E-state index contributed by atoms with van der Waals surface area (Å²) in [6.45, 7) is 1.91. The van der Waals surface area contributed by atoms with E-state index in [0.717, 1.165) is 64.2 Å². The summed E-state index contributed by atoms with van der Waals surface area (Å²) in [5.41, 5.74) is 7.22. The third-order valence-electron chi connectivity index (χ3n) is 5.98. The normalized spacial score (nSPS) is 14.3. The lowest BCUT2D eigenvalue weighted by Gasteiger charge is -2.11. The van der Waals surface area contributed by atoms with E-state index in [1.807, 2.05) is 66.8 Å². The number of benzene rings is 2. The number of nitrogens with zero attached hydrogens (tertiary/aromatic N) is 3. The van der Waals surface area contributed by atoms with Crippen molar-refractivity contribution in [2.45, 2.75) is 6.42 Å². The summed E-state index contributed by atoms with van der Waals surface area (Å²) < 4.78 is 0. The maximum absolute atomic E-state index is 12.7. The number of amides is 1. The number of carbonyl (C=O) groups excluding carboxylic acids is 1. The molecule has 0 bridgehead atoms. The molecule has 0 unspecified atom stereocenters. The molecule has 0 saturated heterocycles. The number of pyridine rings is 1. The van der Waals surface area contributed by atoms with Crippen LogP contribution in [-0.4, -0.2) is 53.2 Å². The van der Waals surface area contributed by atoms with Gasteiger partial charge in [0.25, 0.3) is 5.91 Å². The Bertz CT molecular complexity index is 1420. The van der Waals surface area contributed by atoms with E-state index >= 15 is 0 Å². The Morgan fingerprint density at radius 2 is 1.86 bits per heavy atom. The molecule has 0 aliphatic carbocycles. The molecule has 0 spiro atoms. The minimum atomic E-state index is -0.0876. The first kappa shape index (κ1) is 22.6. The Labute approximate surface area is 204 Å². The third-order valence-corrected chi connectivity index (χ3v) is 5.98. The minimum absolute atomic E-state index is 0.0876. The molecule has 0 radical (unpaired) electrons. The van der Waals surface area contributed by atoms with Crippen LogP contribution in [0.3, 0.4) is 0 Å². The molecular formula is C28H28N6O. The van der Waals surface area contributed by atoms with Gasteiger partial charge in [0, 0.05) is 46.8 Å². The average Bonchev–Trinajstić information content (AvgIpc) is 3.41. The number of anilines is 2. The van der Waals surface area contributed by atoms with Crippen LogP contribution in [0.5, 0.6) is 0 Å². The molecule has 176 valence electrons. The molecule has 1 amide bonds. The molecule has 4 aromatic rings. The highest BCUT2D eigenvalue weighted by Gasteiger charge is 2.24. The van der Waals surface area contributed by atoms with Crippen LogP contribution in [0.2, 0.25) is 0 Å². The van der Waals surface area contributed by atoms with Crippen molar-refractivity contribution in [3.05, 3.63) is 83.3 Å². The molecule has 7 heteroatoms. The van der Waals surface area contributed by atoms with Crippen LogP contribution in [-0.2, 0) is 4.79 Å². The number of hydrogen-bond donors (Lipinski definition) is 3. The first-order valence-electron chi connectivity index (χ1n) is 11.7. The second-order valence-corrected chi connectivity index (χ2v) is 8.88. The van der Waals surface area contributed by atoms with E-state index in [0.29, 0.717) is 5.57 Å². The van der Waals surface area contributed by atoms with Crippen molar-refractivity contribution in [3.8, 4) is 0 Å². The Kier molecular flexibility index (Phi) is 6.41. The molecule has 2 aromatic carbocycles. The second-order valence-electron chi connectivity index (χ2n) is 8.88. The topological polar surface area (TPSA) is 85.9 Å². The van der Waals surface area contributed by atoms with Gasteiger partial charge in [-0.15, -0.1) is 0 Å². The van der Waals surface area contributed by atoms with Gasteiger partial charge in [0.1, 0.15) is 0 Å². The van der Waals surface area contributed by atoms with Gasteiger partial charge in [0.15, 0.2) is 0 Å². The fraction of sp³-hybridized carbons (Fsp3) is 0.179. The summed E-state index contributed by atoms with van der Waals surface area (Å²) in [7, 11) is 4.15. The Morgan fingerprint density at radius 1 is 1.00 bits per heavy atom. The van der Waals surface area contributed by atoms with Gasteiger partial charge >= 0.3 is 0 Å². The highest BCUT2D eigenvalue weighted by molar-refractivity contribution is 6.35. The van der Waals surface area contributed by atoms with E-state index in [9.17, 15) is 4.79 Å². The number of carbonyl (C=O) groups is 1. The van der Waals surface area contributed by atoms with Crippen LogP contribution in [0, 0.1) is 0 Å². The Hall–Kier alpha value is -4.23. The summed E-state index contributed by atoms with van der Waals surface area (Å²) in [4.78, 5) is 18.9. The lowest BCUT2D eigenvalue weighted by molar-refractivity contribution is -0.110. The van der Waals surface area contributed by atoms with Crippen LogP contribution in [0.4, 0.5) is 11.4 Å². The molecule has 5 rings (SSSR count). The minimum Gasteiger partial charge on any atom is -0.385 e. The van der Waals surface area contributed by atoms with Crippen molar-refractivity contribution >= 4 is 52.0 Å². The maximum Gasteiger partial charge on any atom is 0.256 e. The van der Waals surface area contributed by atoms with Gasteiger partial charge in [-0.05, 0) is 92.8 Å². The molecule has 1 aliphatic heterocycles. The molecule has 2 aromatic heterocycles. The Balaban J connectivity index is 1.37. The number of aromatic amines is 1. The molecule has 1 aliphatic rings. The van der Waals surface area contributed by atoms with Crippen molar-refractivity contribution in [2.24, 2.45) is 0 Å². The van der Waals surface area contributed by atoms with Gasteiger partial charge in [-0.3, -0.25) is 14.9 Å². The van der Waals surface area contributed by atoms with Gasteiger partial charge < -0.3 is 15.5 Å². The molecule has 35 heavy (non-hydrogen) atoms. The SMILES string of the molecule is CN(C)CCCNc1ccc2c(c1)C(=Cc1ccc3c(C=Cc4ccncc4)n[nH]c3c1)C(=O)N2. The zero-order valence-electron chi connectivity index (χ0n) is 19.9. The molecular weight excluding hydrogens is 436 g/mol. The van der Waals surface area contributed by atoms with Gasteiger partial charge in [0.05, 0.1) is 11.2 Å². The monoisotopic (exact) mass is 464 g/mol. The number of H-pyrrole nitrogens is 1. The molecule has 3 N–H and O–H groups in total. The number of rotatable bonds is 8. The third kappa shape index (κ3) is 5.15. The Morgan fingerprint density at radius 3 is 2.69 bits per heavy atom. The standard InChI is InChI=1S/C28H28N6O/c1-34(2)15-3-12-30-21-6-9-25-23(18-21)24(28(35)31-25)16-20-4-7-22-26(32-33-27(22)17-20)8-5-19-10-13-29-14-11-19/h4-11,13-14,16-18,30H,3,12,15H2,1-2H3,(H,31,35)(H,32,33). The largest absolute Gasteiger partial charge is 0.385 e. The smallest absolute Gasteiger partial charge is 0.256 e. The highest BCUT2D eigenvalue weighted by Crippen LogP contribution is 2.35. The van der Waals surface area contributed by atoms with E-state index in [1.54, 1.807) is 12.4 Å². The quantitative estimate of drug-likeness (QED) is 0.253. The number of hydrogen-bond acceptors (Lipinski definition) is 5. The first-order valence-corrected chi connectivity index (χ1v) is 11.7. The summed E-state index contributed by atoms with van der Waals surface area (Å²) in [6.07, 6.45) is 10.5. The maximum atomic E-state index is 12.7. The number of nitrogens with one attached hydrogen (secondary N) is 3. The van der Waals surface area contributed by atoms with E-state index in [-0.39, 0.29) is 5.91 Å². The predicted octanol–water partition coefficient (Wildman–Crippen LogP) is 4.98. The first-order chi connectivity index (χ1) is 17.1. The van der Waals surface area contributed by atoms with Gasteiger partial charge in [0.2, 0.25) is 0 Å². The number of aromatic nitrogens is 3. The average molecular weight is 465 g/mol. The molecule has 3 heterocycles. The predicted molar refractivity (Wildman–Crippen MR) is 144 cm³/mol. The molecule has 7 nitrogen and oxygen atoms in total. The van der Waals surface area contributed by atoms with Crippen molar-refractivity contribution < 1.29 is 4.79 Å². The summed E-state index contributed by atoms with van der Waals surface area (Å²) in [6, 6.07) is 16.0.